The maximum absolute atomic E-state index is 12.9. The van der Waals surface area contributed by atoms with E-state index in [0.717, 1.165) is 51.7 Å². The summed E-state index contributed by atoms with van der Waals surface area (Å²) in [6, 6.07) is 4.33. The Bertz CT molecular complexity index is 800. The van der Waals surface area contributed by atoms with Gasteiger partial charge >= 0.3 is 0 Å². The molecule has 0 atom stereocenters. The number of benzene rings is 1. The number of rotatable bonds is 6. The van der Waals surface area contributed by atoms with E-state index < -0.39 is 14.9 Å². The highest BCUT2D eigenvalue weighted by atomic mass is 32.2. The smallest absolute Gasteiger partial charge is 0.293 e. The molecule has 1 aromatic rings. The van der Waals surface area contributed by atoms with E-state index in [1.807, 2.05) is 11.9 Å². The molecule has 8 nitrogen and oxygen atoms in total. The summed E-state index contributed by atoms with van der Waals surface area (Å²) in [6.07, 6.45) is 4.82. The number of hydrogen-bond acceptors (Lipinski definition) is 6. The number of piperidine rings is 2. The normalized spacial score (nSPS) is 20.2. The van der Waals surface area contributed by atoms with Crippen molar-refractivity contribution in [3.63, 3.8) is 0 Å². The zero-order valence-electron chi connectivity index (χ0n) is 16.7. The lowest BCUT2D eigenvalue weighted by Gasteiger charge is -2.32. The van der Waals surface area contributed by atoms with Crippen molar-refractivity contribution in [2.24, 2.45) is 5.92 Å². The number of sulfonamides is 1. The largest absolute Gasteiger partial charge is 0.369 e. The Hall–Kier alpha value is -1.71. The van der Waals surface area contributed by atoms with Gasteiger partial charge in [0.05, 0.1) is 9.82 Å². The van der Waals surface area contributed by atoms with Crippen molar-refractivity contribution in [1.29, 1.82) is 0 Å². The predicted molar refractivity (Wildman–Crippen MR) is 109 cm³/mol. The highest BCUT2D eigenvalue weighted by molar-refractivity contribution is 7.89. The van der Waals surface area contributed by atoms with Crippen molar-refractivity contribution in [2.45, 2.75) is 37.0 Å². The fourth-order valence-corrected chi connectivity index (χ4v) is 5.65. The first kappa shape index (κ1) is 21.0. The Morgan fingerprint density at radius 3 is 2.39 bits per heavy atom. The number of anilines is 1. The Balaban J connectivity index is 1.81. The van der Waals surface area contributed by atoms with Gasteiger partial charge < -0.3 is 9.80 Å². The average Bonchev–Trinajstić information content (AvgIpc) is 2.69. The third-order valence-corrected chi connectivity index (χ3v) is 7.77. The van der Waals surface area contributed by atoms with E-state index in [1.165, 1.54) is 16.4 Å². The number of likely N-dealkylation sites (tertiary alicyclic amines) is 1. The van der Waals surface area contributed by atoms with E-state index in [-0.39, 0.29) is 10.6 Å². The van der Waals surface area contributed by atoms with Crippen LogP contribution in [0.1, 0.15) is 32.1 Å². The summed E-state index contributed by atoms with van der Waals surface area (Å²) in [6.45, 7) is 3.76. The molecule has 0 aliphatic carbocycles. The Labute approximate surface area is 167 Å². The van der Waals surface area contributed by atoms with Gasteiger partial charge in [0.1, 0.15) is 5.69 Å². The van der Waals surface area contributed by atoms with Crippen LogP contribution >= 0.6 is 0 Å². The first-order valence-corrected chi connectivity index (χ1v) is 11.4. The second-order valence-corrected chi connectivity index (χ2v) is 9.94. The van der Waals surface area contributed by atoms with Gasteiger partial charge in [0.2, 0.25) is 10.0 Å². The molecule has 2 fully saturated rings. The highest BCUT2D eigenvalue weighted by Gasteiger charge is 2.29. The Morgan fingerprint density at radius 1 is 1.14 bits per heavy atom. The monoisotopic (exact) mass is 410 g/mol. The molecule has 0 radical (unpaired) electrons. The standard InChI is InChI=1S/C19H30N4O4S/c1-20-12-8-16(9-13-20)15-21(2)18-7-6-17(14-19(18)23(24)25)28(26,27)22-10-4-3-5-11-22/h6-7,14,16H,3-5,8-13,15H2,1-2H3. The molecule has 0 aromatic heterocycles. The predicted octanol–water partition coefficient (Wildman–Crippen LogP) is 2.55. The first-order chi connectivity index (χ1) is 13.3. The average molecular weight is 411 g/mol. The van der Waals surface area contributed by atoms with Crippen molar-refractivity contribution in [3.8, 4) is 0 Å². The second-order valence-electron chi connectivity index (χ2n) is 8.00. The number of nitro benzene ring substituents is 1. The molecule has 3 rings (SSSR count). The maximum atomic E-state index is 12.9. The quantitative estimate of drug-likeness (QED) is 0.529. The summed E-state index contributed by atoms with van der Waals surface area (Å²) in [5, 5.41) is 11.7. The van der Waals surface area contributed by atoms with Crippen LogP contribution in [0.15, 0.2) is 23.1 Å². The van der Waals surface area contributed by atoms with Gasteiger partial charge in [-0.05, 0) is 63.9 Å². The highest BCUT2D eigenvalue weighted by Crippen LogP contribution is 2.33. The lowest BCUT2D eigenvalue weighted by atomic mass is 9.96. The molecule has 156 valence electrons. The van der Waals surface area contributed by atoms with E-state index in [2.05, 4.69) is 11.9 Å². The van der Waals surface area contributed by atoms with Crippen molar-refractivity contribution in [2.75, 3.05) is 51.7 Å². The van der Waals surface area contributed by atoms with Gasteiger partial charge in [0.15, 0.2) is 0 Å². The molecule has 9 heteroatoms. The van der Waals surface area contributed by atoms with E-state index in [1.54, 1.807) is 6.07 Å². The van der Waals surface area contributed by atoms with Gasteiger partial charge in [0, 0.05) is 32.7 Å². The molecular formula is C19H30N4O4S. The fraction of sp³-hybridized carbons (Fsp3) is 0.684. The van der Waals surface area contributed by atoms with E-state index in [4.69, 9.17) is 0 Å². The summed E-state index contributed by atoms with van der Waals surface area (Å²) < 4.78 is 27.2. The molecule has 2 heterocycles. The van der Waals surface area contributed by atoms with Crippen LogP contribution in [0.5, 0.6) is 0 Å². The molecule has 2 saturated heterocycles. The molecule has 2 aliphatic rings. The molecular weight excluding hydrogens is 380 g/mol. The molecule has 0 amide bonds. The summed E-state index contributed by atoms with van der Waals surface area (Å²) in [7, 11) is 0.261. The van der Waals surface area contributed by atoms with Crippen LogP contribution < -0.4 is 4.90 Å². The van der Waals surface area contributed by atoms with Crippen LogP contribution in [0, 0.1) is 16.0 Å². The molecule has 0 bridgehead atoms. The van der Waals surface area contributed by atoms with Crippen molar-refractivity contribution in [3.05, 3.63) is 28.3 Å². The van der Waals surface area contributed by atoms with Gasteiger partial charge in [-0.2, -0.15) is 4.31 Å². The zero-order valence-corrected chi connectivity index (χ0v) is 17.5. The fourth-order valence-electron chi connectivity index (χ4n) is 4.12. The van der Waals surface area contributed by atoms with E-state index in [0.29, 0.717) is 24.7 Å². The molecule has 0 saturated carbocycles. The number of nitro groups is 1. The third kappa shape index (κ3) is 4.64. The van der Waals surface area contributed by atoms with Crippen LogP contribution in [-0.2, 0) is 10.0 Å². The van der Waals surface area contributed by atoms with Gasteiger partial charge in [-0.1, -0.05) is 6.42 Å². The first-order valence-electron chi connectivity index (χ1n) is 9.97. The molecule has 1 aromatic carbocycles. The minimum atomic E-state index is -3.69. The van der Waals surface area contributed by atoms with Crippen LogP contribution in [0.4, 0.5) is 11.4 Å². The third-order valence-electron chi connectivity index (χ3n) is 5.88. The summed E-state index contributed by atoms with van der Waals surface area (Å²) in [5.74, 6) is 0.484. The van der Waals surface area contributed by atoms with Crippen LogP contribution in [0.2, 0.25) is 0 Å². The Morgan fingerprint density at radius 2 is 1.79 bits per heavy atom. The number of nitrogens with zero attached hydrogens (tertiary/aromatic N) is 4. The van der Waals surface area contributed by atoms with Crippen molar-refractivity contribution < 1.29 is 13.3 Å². The molecule has 0 spiro atoms. The van der Waals surface area contributed by atoms with Gasteiger partial charge in [0.25, 0.3) is 5.69 Å². The number of hydrogen-bond donors (Lipinski definition) is 0. The second kappa shape index (κ2) is 8.75. The van der Waals surface area contributed by atoms with E-state index in [9.17, 15) is 18.5 Å². The van der Waals surface area contributed by atoms with E-state index >= 15 is 0 Å². The molecule has 2 aliphatic heterocycles. The Kier molecular flexibility index (Phi) is 6.57. The van der Waals surface area contributed by atoms with Gasteiger partial charge in [-0.25, -0.2) is 8.42 Å². The van der Waals surface area contributed by atoms with Crippen molar-refractivity contribution in [1.82, 2.24) is 9.21 Å². The van der Waals surface area contributed by atoms with Crippen LogP contribution in [-0.4, -0.2) is 69.4 Å². The van der Waals surface area contributed by atoms with Crippen molar-refractivity contribution >= 4 is 21.4 Å². The van der Waals surface area contributed by atoms with Gasteiger partial charge in [-0.15, -0.1) is 0 Å². The van der Waals surface area contributed by atoms with Gasteiger partial charge in [-0.3, -0.25) is 10.1 Å². The summed E-state index contributed by atoms with van der Waals surface area (Å²) in [4.78, 5) is 15.4. The molecule has 0 N–H and O–H groups in total. The minimum absolute atomic E-state index is 0.0116. The maximum Gasteiger partial charge on any atom is 0.293 e. The molecule has 28 heavy (non-hydrogen) atoms. The zero-order chi connectivity index (χ0) is 20.3. The lowest BCUT2D eigenvalue weighted by Crippen LogP contribution is -2.36. The minimum Gasteiger partial charge on any atom is -0.369 e. The lowest BCUT2D eigenvalue weighted by molar-refractivity contribution is -0.384. The topological polar surface area (TPSA) is 87.0 Å². The SMILES string of the molecule is CN1CCC(CN(C)c2ccc(S(=O)(=O)N3CCCCC3)cc2[N+](=O)[O-])CC1. The summed E-state index contributed by atoms with van der Waals surface area (Å²) >= 11 is 0. The van der Waals surface area contributed by atoms with Crippen LogP contribution in [0.25, 0.3) is 0 Å². The van der Waals surface area contributed by atoms with Crippen LogP contribution in [0.3, 0.4) is 0 Å². The summed E-state index contributed by atoms with van der Waals surface area (Å²) in [5.41, 5.74) is 0.329. The molecule has 0 unspecified atom stereocenters.